The fourth-order valence-corrected chi connectivity index (χ4v) is 2.82. The number of nitrogens with one attached hydrogen (secondary N) is 1. The van der Waals surface area contributed by atoms with E-state index in [1.54, 1.807) is 6.92 Å². The van der Waals surface area contributed by atoms with Crippen molar-refractivity contribution in [2.45, 2.75) is 38.4 Å². The summed E-state index contributed by atoms with van der Waals surface area (Å²) in [6.45, 7) is 7.46. The quantitative estimate of drug-likeness (QED) is 0.633. The van der Waals surface area contributed by atoms with Gasteiger partial charge in [0, 0.05) is 11.3 Å². The number of carbonyl (C=O) groups is 1. The van der Waals surface area contributed by atoms with Crippen molar-refractivity contribution >= 4 is 17.7 Å². The summed E-state index contributed by atoms with van der Waals surface area (Å²) in [6, 6.07) is 14.0. The highest BCUT2D eigenvalue weighted by atomic mass is 32.2. The molecule has 0 saturated carbocycles. The molecule has 1 aromatic carbocycles. The molecule has 5 nitrogen and oxygen atoms in total. The second kappa shape index (κ2) is 8.13. The molecule has 0 aliphatic heterocycles. The monoisotopic (exact) mass is 354 g/mol. The molecular weight excluding hydrogens is 332 g/mol. The van der Waals surface area contributed by atoms with Crippen LogP contribution in [0.4, 0.5) is 0 Å². The number of aryl methyl sites for hydroxylation is 1. The summed E-state index contributed by atoms with van der Waals surface area (Å²) in [7, 11) is 0. The smallest absolute Gasteiger partial charge is 0.231 e. The van der Waals surface area contributed by atoms with Gasteiger partial charge in [0.05, 0.1) is 17.5 Å². The molecule has 0 bridgehead atoms. The van der Waals surface area contributed by atoms with Crippen LogP contribution in [0.1, 0.15) is 26.5 Å². The van der Waals surface area contributed by atoms with Gasteiger partial charge in [-0.15, -0.1) is 0 Å². The van der Waals surface area contributed by atoms with Crippen molar-refractivity contribution < 1.29 is 4.79 Å². The Morgan fingerprint density at radius 2 is 2.00 bits per heavy atom. The van der Waals surface area contributed by atoms with Crippen molar-refractivity contribution in [2.24, 2.45) is 5.92 Å². The highest BCUT2D eigenvalue weighted by molar-refractivity contribution is 7.99. The number of hydrogen-bond acceptors (Lipinski definition) is 5. The van der Waals surface area contributed by atoms with E-state index in [1.165, 1.54) is 11.8 Å². The van der Waals surface area contributed by atoms with Crippen molar-refractivity contribution in [3.05, 3.63) is 42.1 Å². The van der Waals surface area contributed by atoms with Crippen LogP contribution in [0, 0.1) is 24.2 Å². The zero-order valence-electron chi connectivity index (χ0n) is 14.9. The van der Waals surface area contributed by atoms with E-state index in [0.717, 1.165) is 17.0 Å². The van der Waals surface area contributed by atoms with Crippen molar-refractivity contribution in [1.82, 2.24) is 15.3 Å². The van der Waals surface area contributed by atoms with Crippen LogP contribution >= 0.6 is 11.8 Å². The minimum Gasteiger partial charge on any atom is -0.337 e. The number of aromatic nitrogens is 2. The first-order valence-corrected chi connectivity index (χ1v) is 9.09. The number of thioether (sulfide) groups is 1. The molecule has 0 fully saturated rings. The number of benzene rings is 1. The van der Waals surface area contributed by atoms with Gasteiger partial charge in [-0.3, -0.25) is 4.79 Å². The van der Waals surface area contributed by atoms with Gasteiger partial charge in [0.15, 0.2) is 5.16 Å². The first-order chi connectivity index (χ1) is 11.8. The van der Waals surface area contributed by atoms with E-state index in [2.05, 4.69) is 21.4 Å². The number of nitrogens with zero attached hydrogens (tertiary/aromatic N) is 3. The van der Waals surface area contributed by atoms with Crippen LogP contribution in [0.5, 0.6) is 0 Å². The zero-order valence-corrected chi connectivity index (χ0v) is 15.7. The molecule has 1 N–H and O–H groups in total. The Bertz CT molecular complexity index is 786. The second-order valence-electron chi connectivity index (χ2n) is 6.35. The molecule has 1 heterocycles. The summed E-state index contributed by atoms with van der Waals surface area (Å²) in [5.74, 6) is -0.0118. The van der Waals surface area contributed by atoms with E-state index in [9.17, 15) is 10.1 Å². The van der Waals surface area contributed by atoms with E-state index in [4.69, 9.17) is 0 Å². The molecule has 6 heteroatoms. The second-order valence-corrected chi connectivity index (χ2v) is 7.29. The fraction of sp³-hybridized carbons (Fsp3) is 0.368. The maximum Gasteiger partial charge on any atom is 0.231 e. The van der Waals surface area contributed by atoms with Gasteiger partial charge in [-0.2, -0.15) is 5.26 Å². The predicted octanol–water partition coefficient (Wildman–Crippen LogP) is 3.60. The first kappa shape index (κ1) is 18.9. The molecule has 0 aliphatic rings. The maximum atomic E-state index is 12.2. The van der Waals surface area contributed by atoms with Crippen molar-refractivity contribution in [3.63, 3.8) is 0 Å². The SMILES string of the molecule is Cc1cc(-c2ccccc2)nc(SCC(=O)N[C@@](C)(C#N)C(C)C)n1. The van der Waals surface area contributed by atoms with Gasteiger partial charge in [-0.05, 0) is 25.8 Å². The lowest BCUT2D eigenvalue weighted by atomic mass is 9.90. The molecule has 0 radical (unpaired) electrons. The van der Waals surface area contributed by atoms with Gasteiger partial charge >= 0.3 is 0 Å². The third kappa shape index (κ3) is 5.04. The van der Waals surface area contributed by atoms with E-state index in [1.807, 2.05) is 57.2 Å². The van der Waals surface area contributed by atoms with Crippen molar-refractivity contribution in [3.8, 4) is 17.3 Å². The van der Waals surface area contributed by atoms with Gasteiger partial charge in [-0.25, -0.2) is 9.97 Å². The molecule has 0 saturated heterocycles. The van der Waals surface area contributed by atoms with Gasteiger partial charge in [-0.1, -0.05) is 55.9 Å². The molecule has 2 aromatic rings. The standard InChI is InChI=1S/C19H22N4OS/c1-13(2)19(4,12-20)23-17(24)11-25-18-21-14(3)10-16(22-18)15-8-6-5-7-9-15/h5-10,13H,11H2,1-4H3,(H,23,24)/t19-/m0/s1. The number of hydrogen-bond donors (Lipinski definition) is 1. The summed E-state index contributed by atoms with van der Waals surface area (Å²) < 4.78 is 0. The molecular formula is C19H22N4OS. The normalized spacial score (nSPS) is 13.1. The van der Waals surface area contributed by atoms with Crippen LogP contribution in [0.2, 0.25) is 0 Å². The number of nitriles is 1. The molecule has 130 valence electrons. The average molecular weight is 354 g/mol. The average Bonchev–Trinajstić information content (AvgIpc) is 2.60. The Kier molecular flexibility index (Phi) is 6.16. The van der Waals surface area contributed by atoms with Crippen molar-refractivity contribution in [1.29, 1.82) is 5.26 Å². The zero-order chi connectivity index (χ0) is 18.4. The number of carbonyl (C=O) groups excluding carboxylic acids is 1. The van der Waals surface area contributed by atoms with Gasteiger partial charge in [0.25, 0.3) is 0 Å². The summed E-state index contributed by atoms with van der Waals surface area (Å²) >= 11 is 1.27. The molecule has 0 unspecified atom stereocenters. The lowest BCUT2D eigenvalue weighted by Crippen LogP contribution is -2.49. The maximum absolute atomic E-state index is 12.2. The summed E-state index contributed by atoms with van der Waals surface area (Å²) in [6.07, 6.45) is 0. The Morgan fingerprint density at radius 1 is 1.32 bits per heavy atom. The van der Waals surface area contributed by atoms with Crippen LogP contribution in [-0.2, 0) is 4.79 Å². The molecule has 1 atom stereocenters. The van der Waals surface area contributed by atoms with Crippen LogP contribution in [0.25, 0.3) is 11.3 Å². The highest BCUT2D eigenvalue weighted by Crippen LogP contribution is 2.22. The van der Waals surface area contributed by atoms with Crippen LogP contribution in [0.15, 0.2) is 41.6 Å². The molecule has 1 aromatic heterocycles. The van der Waals surface area contributed by atoms with Crippen LogP contribution in [0.3, 0.4) is 0 Å². The van der Waals surface area contributed by atoms with Gasteiger partial charge < -0.3 is 5.32 Å². The summed E-state index contributed by atoms with van der Waals surface area (Å²) in [5, 5.41) is 12.6. The van der Waals surface area contributed by atoms with Crippen LogP contribution < -0.4 is 5.32 Å². The molecule has 2 rings (SSSR count). The van der Waals surface area contributed by atoms with E-state index >= 15 is 0 Å². The fourth-order valence-electron chi connectivity index (χ4n) is 2.12. The lowest BCUT2D eigenvalue weighted by molar-refractivity contribution is -0.120. The molecule has 1 amide bonds. The van der Waals surface area contributed by atoms with Gasteiger partial charge in [0.1, 0.15) is 5.54 Å². The highest BCUT2D eigenvalue weighted by Gasteiger charge is 2.29. The number of amides is 1. The van der Waals surface area contributed by atoms with E-state index in [0.29, 0.717) is 5.16 Å². The molecule has 0 aliphatic carbocycles. The lowest BCUT2D eigenvalue weighted by Gasteiger charge is -2.27. The predicted molar refractivity (Wildman–Crippen MR) is 99.9 cm³/mol. The Morgan fingerprint density at radius 3 is 2.60 bits per heavy atom. The topological polar surface area (TPSA) is 78.7 Å². The largest absolute Gasteiger partial charge is 0.337 e. The summed E-state index contributed by atoms with van der Waals surface area (Å²) in [4.78, 5) is 21.1. The Balaban J connectivity index is 2.08. The Labute approximate surface area is 152 Å². The van der Waals surface area contributed by atoms with E-state index in [-0.39, 0.29) is 17.6 Å². The Hall–Kier alpha value is -2.39. The minimum atomic E-state index is -0.875. The molecule has 0 spiro atoms. The minimum absolute atomic E-state index is 0.0198. The number of rotatable bonds is 6. The molecule has 25 heavy (non-hydrogen) atoms. The third-order valence-electron chi connectivity index (χ3n) is 4.02. The van der Waals surface area contributed by atoms with Gasteiger partial charge in [0.2, 0.25) is 5.91 Å². The van der Waals surface area contributed by atoms with Crippen molar-refractivity contribution in [2.75, 3.05) is 5.75 Å². The first-order valence-electron chi connectivity index (χ1n) is 8.10. The van der Waals surface area contributed by atoms with Crippen LogP contribution in [-0.4, -0.2) is 27.2 Å². The summed E-state index contributed by atoms with van der Waals surface area (Å²) in [5.41, 5.74) is 1.82. The van der Waals surface area contributed by atoms with E-state index < -0.39 is 5.54 Å². The third-order valence-corrected chi connectivity index (χ3v) is 4.87.